The number of hydrogen-bond acceptors (Lipinski definition) is 6. The van der Waals surface area contributed by atoms with Crippen LogP contribution >= 0.6 is 11.3 Å². The zero-order valence-electron chi connectivity index (χ0n) is 16.7. The lowest BCUT2D eigenvalue weighted by Crippen LogP contribution is -2.40. The van der Waals surface area contributed by atoms with Crippen LogP contribution in [-0.2, 0) is 13.1 Å². The first-order chi connectivity index (χ1) is 15.1. The molecular weight excluding hydrogens is 412 g/mol. The van der Waals surface area contributed by atoms with Crippen LogP contribution in [0.2, 0.25) is 0 Å². The number of rotatable bonds is 5. The molecule has 0 unspecified atom stereocenters. The zero-order valence-corrected chi connectivity index (χ0v) is 17.5. The Morgan fingerprint density at radius 2 is 1.74 bits per heavy atom. The van der Waals surface area contributed by atoms with Crippen LogP contribution in [0.1, 0.15) is 17.0 Å². The minimum absolute atomic E-state index is 0.0753. The lowest BCUT2D eigenvalue weighted by atomic mass is 10.1. The van der Waals surface area contributed by atoms with Crippen LogP contribution in [0, 0.1) is 6.92 Å². The minimum Gasteiger partial charge on any atom is -0.337 e. The van der Waals surface area contributed by atoms with Crippen LogP contribution in [0.25, 0.3) is 21.6 Å². The molecule has 0 amide bonds. The van der Waals surface area contributed by atoms with Gasteiger partial charge in [-0.3, -0.25) is 13.9 Å². The predicted molar refractivity (Wildman–Crippen MR) is 119 cm³/mol. The van der Waals surface area contributed by atoms with Gasteiger partial charge < -0.3 is 4.52 Å². The topological polar surface area (TPSA) is 82.9 Å². The van der Waals surface area contributed by atoms with E-state index in [9.17, 15) is 9.59 Å². The summed E-state index contributed by atoms with van der Waals surface area (Å²) in [6, 6.07) is 18.7. The Bertz CT molecular complexity index is 1480. The highest BCUT2D eigenvalue weighted by molar-refractivity contribution is 7.13. The molecule has 0 aliphatic heterocycles. The van der Waals surface area contributed by atoms with E-state index in [0.29, 0.717) is 22.6 Å². The molecule has 0 radical (unpaired) electrons. The largest absolute Gasteiger partial charge is 0.337 e. The van der Waals surface area contributed by atoms with Gasteiger partial charge in [0, 0.05) is 0 Å². The fourth-order valence-corrected chi connectivity index (χ4v) is 4.15. The van der Waals surface area contributed by atoms with Gasteiger partial charge in [-0.25, -0.2) is 4.79 Å². The lowest BCUT2D eigenvalue weighted by Gasteiger charge is -2.13. The standard InChI is InChI=1S/C23H18N4O3S/c1-15-8-10-16(11-9-15)13-27-22(28)17-5-2-3-6-18(17)26(23(27)29)14-20-24-21(25-30-20)19-7-4-12-31-19/h2-12H,13-14H2,1H3. The van der Waals surface area contributed by atoms with E-state index >= 15 is 0 Å². The monoisotopic (exact) mass is 430 g/mol. The maximum atomic E-state index is 13.4. The van der Waals surface area contributed by atoms with Crippen LogP contribution in [0.15, 0.2) is 80.2 Å². The maximum Gasteiger partial charge on any atom is 0.332 e. The molecule has 3 aromatic heterocycles. The minimum atomic E-state index is -0.417. The number of aryl methyl sites for hydroxylation is 1. The first-order valence-electron chi connectivity index (χ1n) is 9.74. The smallest absolute Gasteiger partial charge is 0.332 e. The SMILES string of the molecule is Cc1ccc(Cn2c(=O)c3ccccc3n(Cc3nc(-c4cccs4)no3)c2=O)cc1. The van der Waals surface area contributed by atoms with Crippen molar-refractivity contribution in [3.63, 3.8) is 0 Å². The van der Waals surface area contributed by atoms with Gasteiger partial charge in [0.2, 0.25) is 11.7 Å². The van der Waals surface area contributed by atoms with E-state index in [0.717, 1.165) is 16.0 Å². The highest BCUT2D eigenvalue weighted by Crippen LogP contribution is 2.21. The van der Waals surface area contributed by atoms with E-state index in [1.807, 2.05) is 48.7 Å². The summed E-state index contributed by atoms with van der Waals surface area (Å²) < 4.78 is 8.16. The summed E-state index contributed by atoms with van der Waals surface area (Å²) in [5.74, 6) is 0.784. The molecule has 3 heterocycles. The molecule has 0 saturated heterocycles. The highest BCUT2D eigenvalue weighted by Gasteiger charge is 2.17. The Kier molecular flexibility index (Phi) is 4.83. The molecule has 0 bridgehead atoms. The van der Waals surface area contributed by atoms with Crippen molar-refractivity contribution in [3.05, 3.63) is 104 Å². The molecular formula is C23H18N4O3S. The molecule has 0 fully saturated rings. The molecule has 31 heavy (non-hydrogen) atoms. The number of nitrogens with zero attached hydrogens (tertiary/aromatic N) is 4. The van der Waals surface area contributed by atoms with Gasteiger partial charge >= 0.3 is 5.69 Å². The molecule has 0 atom stereocenters. The Morgan fingerprint density at radius 1 is 0.935 bits per heavy atom. The normalized spacial score (nSPS) is 11.3. The van der Waals surface area contributed by atoms with Crippen molar-refractivity contribution < 1.29 is 4.52 Å². The molecule has 2 aromatic carbocycles. The van der Waals surface area contributed by atoms with Gasteiger partial charge in [-0.15, -0.1) is 11.3 Å². The number of benzene rings is 2. The predicted octanol–water partition coefficient (Wildman–Crippen LogP) is 3.68. The van der Waals surface area contributed by atoms with Crippen molar-refractivity contribution in [2.45, 2.75) is 20.0 Å². The molecule has 7 nitrogen and oxygen atoms in total. The molecule has 0 saturated carbocycles. The Labute approximate surface area is 180 Å². The summed E-state index contributed by atoms with van der Waals surface area (Å²) >= 11 is 1.51. The summed E-state index contributed by atoms with van der Waals surface area (Å²) in [5, 5.41) is 6.42. The van der Waals surface area contributed by atoms with E-state index in [-0.39, 0.29) is 18.6 Å². The number of aromatic nitrogens is 4. The van der Waals surface area contributed by atoms with Crippen molar-refractivity contribution in [2.24, 2.45) is 0 Å². The summed E-state index contributed by atoms with van der Waals surface area (Å²) in [6.07, 6.45) is 0. The Balaban J connectivity index is 1.61. The average molecular weight is 430 g/mol. The van der Waals surface area contributed by atoms with Crippen LogP contribution in [0.5, 0.6) is 0 Å². The third-order valence-electron chi connectivity index (χ3n) is 5.10. The molecule has 5 aromatic rings. The molecule has 0 spiro atoms. The zero-order chi connectivity index (χ0) is 21.4. The van der Waals surface area contributed by atoms with Gasteiger partial charge in [-0.05, 0) is 36.1 Å². The van der Waals surface area contributed by atoms with Crippen molar-refractivity contribution in [1.82, 2.24) is 19.3 Å². The van der Waals surface area contributed by atoms with Crippen molar-refractivity contribution in [1.29, 1.82) is 0 Å². The van der Waals surface area contributed by atoms with E-state index in [1.165, 1.54) is 20.5 Å². The Hall–Kier alpha value is -3.78. The Morgan fingerprint density at radius 3 is 2.52 bits per heavy atom. The highest BCUT2D eigenvalue weighted by atomic mass is 32.1. The van der Waals surface area contributed by atoms with Crippen LogP contribution in [-0.4, -0.2) is 19.3 Å². The van der Waals surface area contributed by atoms with Crippen LogP contribution in [0.4, 0.5) is 0 Å². The maximum absolute atomic E-state index is 13.4. The van der Waals surface area contributed by atoms with E-state index in [2.05, 4.69) is 10.1 Å². The van der Waals surface area contributed by atoms with E-state index < -0.39 is 5.69 Å². The molecule has 0 aliphatic rings. The first-order valence-corrected chi connectivity index (χ1v) is 10.6. The van der Waals surface area contributed by atoms with Crippen LogP contribution in [0.3, 0.4) is 0 Å². The van der Waals surface area contributed by atoms with Crippen molar-refractivity contribution in [3.8, 4) is 10.7 Å². The summed E-state index contributed by atoms with van der Waals surface area (Å²) in [4.78, 5) is 31.8. The molecule has 8 heteroatoms. The molecule has 0 N–H and O–H groups in total. The van der Waals surface area contributed by atoms with E-state index in [1.54, 1.807) is 24.3 Å². The quantitative estimate of drug-likeness (QED) is 0.425. The fourth-order valence-electron chi connectivity index (χ4n) is 3.50. The van der Waals surface area contributed by atoms with E-state index in [4.69, 9.17) is 4.52 Å². The first kappa shape index (κ1) is 19.2. The number of fused-ring (bicyclic) bond motifs is 1. The summed E-state index contributed by atoms with van der Waals surface area (Å²) in [7, 11) is 0. The second-order valence-corrected chi connectivity index (χ2v) is 8.20. The molecule has 0 aliphatic carbocycles. The number of thiophene rings is 1. The summed E-state index contributed by atoms with van der Waals surface area (Å²) in [6.45, 7) is 2.26. The third kappa shape index (κ3) is 3.62. The second-order valence-electron chi connectivity index (χ2n) is 7.25. The van der Waals surface area contributed by atoms with Crippen molar-refractivity contribution in [2.75, 3.05) is 0 Å². The van der Waals surface area contributed by atoms with Crippen molar-refractivity contribution >= 4 is 22.2 Å². The molecule has 154 valence electrons. The van der Waals surface area contributed by atoms with Gasteiger partial charge in [0.25, 0.3) is 5.56 Å². The third-order valence-corrected chi connectivity index (χ3v) is 5.96. The van der Waals surface area contributed by atoms with Gasteiger partial charge in [0.1, 0.15) is 6.54 Å². The van der Waals surface area contributed by atoms with Gasteiger partial charge in [-0.2, -0.15) is 4.98 Å². The van der Waals surface area contributed by atoms with Gasteiger partial charge in [0.15, 0.2) is 0 Å². The summed E-state index contributed by atoms with van der Waals surface area (Å²) in [5.41, 5.74) is 1.80. The van der Waals surface area contributed by atoms with Crippen LogP contribution < -0.4 is 11.2 Å². The van der Waals surface area contributed by atoms with Gasteiger partial charge in [-0.1, -0.05) is 53.2 Å². The average Bonchev–Trinajstić information content (AvgIpc) is 3.47. The fraction of sp³-hybridized carbons (Fsp3) is 0.130. The second kappa shape index (κ2) is 7.81. The number of para-hydroxylation sites is 1. The number of hydrogen-bond donors (Lipinski definition) is 0. The molecule has 5 rings (SSSR count). The lowest BCUT2D eigenvalue weighted by molar-refractivity contribution is 0.369. The van der Waals surface area contributed by atoms with Gasteiger partial charge in [0.05, 0.1) is 22.3 Å².